The molecule has 2 fully saturated rings. The second kappa shape index (κ2) is 6.23. The Kier molecular flexibility index (Phi) is 4.37. The minimum atomic E-state index is 0.539. The monoisotopic (exact) mass is 273 g/mol. The van der Waals surface area contributed by atoms with Gasteiger partial charge in [-0.3, -0.25) is 9.88 Å². The van der Waals surface area contributed by atoms with Crippen LogP contribution >= 0.6 is 0 Å². The van der Waals surface area contributed by atoms with Crippen LogP contribution in [0.1, 0.15) is 56.3 Å². The molecule has 1 saturated heterocycles. The van der Waals surface area contributed by atoms with Gasteiger partial charge in [-0.05, 0) is 56.3 Å². The minimum Gasteiger partial charge on any atom is -0.325 e. The van der Waals surface area contributed by atoms with Crippen molar-refractivity contribution in [1.82, 2.24) is 9.88 Å². The topological polar surface area (TPSA) is 42.1 Å². The number of likely N-dealkylation sites (tertiary alicyclic amines) is 1. The van der Waals surface area contributed by atoms with Crippen LogP contribution in [0.5, 0.6) is 0 Å². The lowest BCUT2D eigenvalue weighted by Crippen LogP contribution is -2.40. The number of hydrogen-bond acceptors (Lipinski definition) is 3. The molecule has 20 heavy (non-hydrogen) atoms. The van der Waals surface area contributed by atoms with Crippen molar-refractivity contribution in [3.05, 3.63) is 29.6 Å². The van der Waals surface area contributed by atoms with Crippen molar-refractivity contribution >= 4 is 0 Å². The quantitative estimate of drug-likeness (QED) is 0.920. The van der Waals surface area contributed by atoms with Gasteiger partial charge in [0.05, 0.1) is 11.4 Å². The van der Waals surface area contributed by atoms with Gasteiger partial charge in [-0.15, -0.1) is 0 Å². The molecule has 1 aliphatic carbocycles. The molecule has 3 rings (SSSR count). The van der Waals surface area contributed by atoms with Crippen LogP contribution in [0.15, 0.2) is 18.2 Å². The maximum atomic E-state index is 5.67. The zero-order valence-electron chi connectivity index (χ0n) is 12.5. The maximum absolute atomic E-state index is 5.67. The van der Waals surface area contributed by atoms with E-state index < -0.39 is 0 Å². The fourth-order valence-electron chi connectivity index (χ4n) is 3.95. The standard InChI is InChI=1S/C17H27N3/c18-13-15-5-4-6-16(19-15)14-20-11-9-17(10-12-20)7-2-1-3-8-17/h4-6H,1-3,7-14,18H2. The summed E-state index contributed by atoms with van der Waals surface area (Å²) in [6, 6.07) is 6.22. The van der Waals surface area contributed by atoms with Crippen molar-refractivity contribution in [3.63, 3.8) is 0 Å². The Balaban J connectivity index is 1.55. The van der Waals surface area contributed by atoms with Gasteiger partial charge in [-0.2, -0.15) is 0 Å². The third-order valence-corrected chi connectivity index (χ3v) is 5.29. The predicted octanol–water partition coefficient (Wildman–Crippen LogP) is 3.09. The minimum absolute atomic E-state index is 0.539. The normalized spacial score (nSPS) is 23.1. The summed E-state index contributed by atoms with van der Waals surface area (Å²) in [4.78, 5) is 7.19. The van der Waals surface area contributed by atoms with Gasteiger partial charge in [-0.25, -0.2) is 0 Å². The van der Waals surface area contributed by atoms with E-state index in [9.17, 15) is 0 Å². The summed E-state index contributed by atoms with van der Waals surface area (Å²) in [6.45, 7) is 4.02. The summed E-state index contributed by atoms with van der Waals surface area (Å²) in [6.07, 6.45) is 10.1. The molecule has 1 saturated carbocycles. The average Bonchev–Trinajstić information content (AvgIpc) is 2.51. The molecule has 0 amide bonds. The summed E-state index contributed by atoms with van der Waals surface area (Å²) >= 11 is 0. The van der Waals surface area contributed by atoms with Gasteiger partial charge < -0.3 is 5.73 Å². The highest BCUT2D eigenvalue weighted by molar-refractivity contribution is 5.11. The highest BCUT2D eigenvalue weighted by Crippen LogP contribution is 2.44. The van der Waals surface area contributed by atoms with E-state index in [1.165, 1.54) is 63.7 Å². The highest BCUT2D eigenvalue weighted by Gasteiger charge is 2.35. The van der Waals surface area contributed by atoms with Gasteiger partial charge in [0.2, 0.25) is 0 Å². The van der Waals surface area contributed by atoms with Crippen LogP contribution in [0.25, 0.3) is 0 Å². The van der Waals surface area contributed by atoms with Crippen LogP contribution in [-0.4, -0.2) is 23.0 Å². The SMILES string of the molecule is NCc1cccc(CN2CCC3(CCCCC3)CC2)n1. The van der Waals surface area contributed by atoms with Gasteiger partial charge in [0.1, 0.15) is 0 Å². The lowest BCUT2D eigenvalue weighted by molar-refractivity contribution is 0.0635. The summed E-state index contributed by atoms with van der Waals surface area (Å²) < 4.78 is 0. The van der Waals surface area contributed by atoms with Crippen molar-refractivity contribution < 1.29 is 0 Å². The van der Waals surface area contributed by atoms with Crippen LogP contribution in [0.3, 0.4) is 0 Å². The van der Waals surface area contributed by atoms with E-state index in [-0.39, 0.29) is 0 Å². The first kappa shape index (κ1) is 14.0. The Hall–Kier alpha value is -0.930. The lowest BCUT2D eigenvalue weighted by Gasteiger charge is -2.44. The molecule has 0 radical (unpaired) electrons. The third kappa shape index (κ3) is 3.21. The van der Waals surface area contributed by atoms with E-state index in [0.29, 0.717) is 12.0 Å². The molecule has 110 valence electrons. The van der Waals surface area contributed by atoms with E-state index in [1.807, 2.05) is 6.07 Å². The molecule has 3 heteroatoms. The van der Waals surface area contributed by atoms with E-state index >= 15 is 0 Å². The molecule has 2 heterocycles. The second-order valence-corrected chi connectivity index (χ2v) is 6.66. The van der Waals surface area contributed by atoms with Crippen LogP contribution in [0, 0.1) is 5.41 Å². The molecule has 1 aliphatic heterocycles. The highest BCUT2D eigenvalue weighted by atomic mass is 15.1. The molecule has 2 N–H and O–H groups in total. The van der Waals surface area contributed by atoms with E-state index in [2.05, 4.69) is 22.0 Å². The Morgan fingerprint density at radius 2 is 1.70 bits per heavy atom. The zero-order chi connectivity index (χ0) is 13.8. The van der Waals surface area contributed by atoms with Crippen LogP contribution in [0.4, 0.5) is 0 Å². The molecular weight excluding hydrogens is 246 g/mol. The molecule has 1 aromatic rings. The molecule has 0 aromatic carbocycles. The fraction of sp³-hybridized carbons (Fsp3) is 0.706. The van der Waals surface area contributed by atoms with E-state index in [0.717, 1.165) is 12.2 Å². The summed E-state index contributed by atoms with van der Waals surface area (Å²) in [5.74, 6) is 0. The van der Waals surface area contributed by atoms with Gasteiger partial charge in [-0.1, -0.05) is 25.3 Å². The number of aromatic nitrogens is 1. The van der Waals surface area contributed by atoms with Gasteiger partial charge in [0.25, 0.3) is 0 Å². The van der Waals surface area contributed by atoms with Crippen molar-refractivity contribution in [3.8, 4) is 0 Å². The average molecular weight is 273 g/mol. The largest absolute Gasteiger partial charge is 0.325 e. The predicted molar refractivity (Wildman–Crippen MR) is 82.2 cm³/mol. The first-order valence-corrected chi connectivity index (χ1v) is 8.17. The number of nitrogens with two attached hydrogens (primary N) is 1. The number of pyridine rings is 1. The molecule has 1 spiro atoms. The van der Waals surface area contributed by atoms with Crippen molar-refractivity contribution in [2.45, 2.75) is 58.0 Å². The zero-order valence-corrected chi connectivity index (χ0v) is 12.5. The van der Waals surface area contributed by atoms with E-state index in [4.69, 9.17) is 5.73 Å². The number of nitrogens with zero attached hydrogens (tertiary/aromatic N) is 2. The van der Waals surface area contributed by atoms with Crippen molar-refractivity contribution in [1.29, 1.82) is 0 Å². The number of rotatable bonds is 3. The van der Waals surface area contributed by atoms with Gasteiger partial charge in [0, 0.05) is 13.1 Å². The summed E-state index contributed by atoms with van der Waals surface area (Å²) in [5.41, 5.74) is 8.54. The molecule has 0 unspecified atom stereocenters. The van der Waals surface area contributed by atoms with Gasteiger partial charge >= 0.3 is 0 Å². The second-order valence-electron chi connectivity index (χ2n) is 6.66. The molecular formula is C17H27N3. The molecule has 2 aliphatic rings. The first-order chi connectivity index (χ1) is 9.80. The van der Waals surface area contributed by atoms with E-state index in [1.54, 1.807) is 0 Å². The number of hydrogen-bond donors (Lipinski definition) is 1. The maximum Gasteiger partial charge on any atom is 0.0547 e. The third-order valence-electron chi connectivity index (χ3n) is 5.29. The Morgan fingerprint density at radius 1 is 1.00 bits per heavy atom. The smallest absolute Gasteiger partial charge is 0.0547 e. The van der Waals surface area contributed by atoms with Crippen molar-refractivity contribution in [2.24, 2.45) is 11.1 Å². The Labute approximate surface area is 122 Å². The molecule has 0 bridgehead atoms. The van der Waals surface area contributed by atoms with Crippen LogP contribution < -0.4 is 5.73 Å². The first-order valence-electron chi connectivity index (χ1n) is 8.17. The van der Waals surface area contributed by atoms with Gasteiger partial charge in [0.15, 0.2) is 0 Å². The number of piperidine rings is 1. The lowest BCUT2D eigenvalue weighted by atomic mass is 9.68. The van der Waals surface area contributed by atoms with Crippen LogP contribution in [0.2, 0.25) is 0 Å². The Bertz CT molecular complexity index is 428. The van der Waals surface area contributed by atoms with Crippen molar-refractivity contribution in [2.75, 3.05) is 13.1 Å². The molecule has 3 nitrogen and oxygen atoms in total. The molecule has 0 atom stereocenters. The van der Waals surface area contributed by atoms with Crippen LogP contribution in [-0.2, 0) is 13.1 Å². The fourth-order valence-corrected chi connectivity index (χ4v) is 3.95. The summed E-state index contributed by atoms with van der Waals surface area (Å²) in [7, 11) is 0. The summed E-state index contributed by atoms with van der Waals surface area (Å²) in [5, 5.41) is 0. The molecule has 1 aromatic heterocycles. The Morgan fingerprint density at radius 3 is 2.40 bits per heavy atom.